The highest BCUT2D eigenvalue weighted by Crippen LogP contribution is 2.32. The second kappa shape index (κ2) is 8.45. The summed E-state index contributed by atoms with van der Waals surface area (Å²) in [4.78, 5) is 23.4. The largest absolute Gasteiger partial charge is 0.378 e. The van der Waals surface area contributed by atoms with Crippen LogP contribution in [-0.4, -0.2) is 25.9 Å². The molecule has 0 atom stereocenters. The summed E-state index contributed by atoms with van der Waals surface area (Å²) in [5.74, 6) is 0.399. The Hall–Kier alpha value is -2.52. The van der Waals surface area contributed by atoms with E-state index in [4.69, 9.17) is 23.1 Å². The molecule has 0 bridgehead atoms. The van der Waals surface area contributed by atoms with Gasteiger partial charge in [-0.05, 0) is 44.1 Å². The van der Waals surface area contributed by atoms with Crippen LogP contribution in [0.4, 0.5) is 17.5 Å². The van der Waals surface area contributed by atoms with E-state index in [1.165, 1.54) is 0 Å². The molecule has 0 radical (unpaired) electrons. The van der Waals surface area contributed by atoms with E-state index in [2.05, 4.69) is 20.3 Å². The smallest absolute Gasteiger partial charge is 0.332 e. The number of nitrogens with two attached hydrogens (primary N) is 2. The van der Waals surface area contributed by atoms with Crippen molar-refractivity contribution in [3.63, 3.8) is 0 Å². The van der Waals surface area contributed by atoms with Crippen molar-refractivity contribution in [2.45, 2.75) is 44.7 Å². The summed E-state index contributed by atoms with van der Waals surface area (Å²) < 4.78 is 0. The lowest BCUT2D eigenvalue weighted by Gasteiger charge is -2.25. The monoisotopic (exact) mass is 391 g/mol. The minimum atomic E-state index is -0.513. The van der Waals surface area contributed by atoms with Crippen LogP contribution in [0.5, 0.6) is 0 Å². The van der Waals surface area contributed by atoms with E-state index in [1.807, 2.05) is 0 Å². The van der Waals surface area contributed by atoms with Crippen LogP contribution < -0.4 is 16.8 Å². The van der Waals surface area contributed by atoms with Crippen LogP contribution in [0.15, 0.2) is 18.5 Å². The van der Waals surface area contributed by atoms with Crippen LogP contribution in [0.3, 0.4) is 0 Å². The average Bonchev–Trinajstić information content (AvgIpc) is 2.62. The van der Waals surface area contributed by atoms with Gasteiger partial charge >= 0.3 is 5.69 Å². The Morgan fingerprint density at radius 2 is 2.04 bits per heavy atom. The molecule has 1 saturated carbocycles. The van der Waals surface area contributed by atoms with Gasteiger partial charge in [0.2, 0.25) is 11.8 Å². The van der Waals surface area contributed by atoms with Crippen molar-refractivity contribution < 1.29 is 4.92 Å². The van der Waals surface area contributed by atoms with Crippen molar-refractivity contribution in [1.29, 1.82) is 0 Å². The zero-order valence-electron chi connectivity index (χ0n) is 14.8. The molecule has 144 valence electrons. The summed E-state index contributed by atoms with van der Waals surface area (Å²) >= 11 is 6.12. The van der Waals surface area contributed by atoms with Crippen LogP contribution in [-0.2, 0) is 13.0 Å². The molecule has 1 aliphatic rings. The molecule has 2 aromatic rings. The molecule has 0 amide bonds. The topological polar surface area (TPSA) is 146 Å². The second-order valence-electron chi connectivity index (χ2n) is 6.79. The highest BCUT2D eigenvalue weighted by molar-refractivity contribution is 6.31. The molecule has 9 nitrogen and oxygen atoms in total. The number of nitrogens with one attached hydrogen (secondary N) is 1. The Morgan fingerprint density at radius 1 is 1.30 bits per heavy atom. The molecular weight excluding hydrogens is 370 g/mol. The first-order valence-electron chi connectivity index (χ1n) is 8.82. The van der Waals surface area contributed by atoms with E-state index in [1.54, 1.807) is 18.5 Å². The predicted molar refractivity (Wildman–Crippen MR) is 103 cm³/mol. The third kappa shape index (κ3) is 4.81. The van der Waals surface area contributed by atoms with Gasteiger partial charge in [0.05, 0.1) is 4.92 Å². The van der Waals surface area contributed by atoms with Gasteiger partial charge in [-0.15, -0.1) is 0 Å². The summed E-state index contributed by atoms with van der Waals surface area (Å²) in [5.41, 5.74) is 12.7. The molecule has 0 spiro atoms. The number of nitro groups is 1. The number of aromatic nitrogens is 3. The molecule has 1 aliphatic carbocycles. The van der Waals surface area contributed by atoms with E-state index in [9.17, 15) is 10.1 Å². The van der Waals surface area contributed by atoms with E-state index >= 15 is 0 Å². The Kier molecular flexibility index (Phi) is 6.02. The number of rotatable bonds is 6. The molecule has 2 heterocycles. The molecular formula is C17H22ClN7O2. The van der Waals surface area contributed by atoms with Gasteiger partial charge in [0.25, 0.3) is 0 Å². The maximum atomic E-state index is 11.5. The predicted octanol–water partition coefficient (Wildman–Crippen LogP) is 2.69. The molecule has 1 fully saturated rings. The lowest BCUT2D eigenvalue weighted by Crippen LogP contribution is -2.27. The average molecular weight is 392 g/mol. The van der Waals surface area contributed by atoms with E-state index < -0.39 is 4.92 Å². The molecule has 2 aromatic heterocycles. The molecule has 0 aliphatic heterocycles. The Balaban J connectivity index is 1.80. The van der Waals surface area contributed by atoms with Gasteiger partial charge in [-0.25, -0.2) is 4.98 Å². The van der Waals surface area contributed by atoms with Gasteiger partial charge in [-0.3, -0.25) is 15.1 Å². The number of nitrogens with zero attached hydrogens (tertiary/aromatic N) is 4. The summed E-state index contributed by atoms with van der Waals surface area (Å²) in [5, 5.41) is 15.0. The standard InChI is InChI=1S/C17H22ClN7O2/c18-13-5-6-21-8-11(13)9-22-17-23-14(15(25(26)27)16(20)24-17)7-10-1-3-12(19)4-2-10/h5-6,8,10,12H,1-4,7,9,19H2,(H3,20,22,23,24). The minimum absolute atomic E-state index is 0.141. The van der Waals surface area contributed by atoms with Crippen molar-refractivity contribution in [2.75, 3.05) is 11.1 Å². The number of halogens is 1. The fourth-order valence-corrected chi connectivity index (χ4v) is 3.49. The van der Waals surface area contributed by atoms with Crippen molar-refractivity contribution in [3.8, 4) is 0 Å². The van der Waals surface area contributed by atoms with Gasteiger partial charge in [0.15, 0.2) is 0 Å². The third-order valence-electron chi connectivity index (χ3n) is 4.82. The highest BCUT2D eigenvalue weighted by atomic mass is 35.5. The third-order valence-corrected chi connectivity index (χ3v) is 5.19. The Bertz CT molecular complexity index is 825. The molecule has 0 unspecified atom stereocenters. The fraction of sp³-hybridized carbons (Fsp3) is 0.471. The SMILES string of the molecule is Nc1nc(NCc2cnccc2Cl)nc(CC2CCC(N)CC2)c1[N+](=O)[O-]. The molecule has 27 heavy (non-hydrogen) atoms. The minimum Gasteiger partial charge on any atom is -0.378 e. The molecule has 3 rings (SSSR count). The quantitative estimate of drug-likeness (QED) is 0.503. The number of pyridine rings is 1. The van der Waals surface area contributed by atoms with Crippen LogP contribution in [0.1, 0.15) is 36.9 Å². The number of anilines is 2. The van der Waals surface area contributed by atoms with Crippen molar-refractivity contribution in [2.24, 2.45) is 11.7 Å². The Morgan fingerprint density at radius 3 is 2.70 bits per heavy atom. The lowest BCUT2D eigenvalue weighted by molar-refractivity contribution is -0.385. The lowest BCUT2D eigenvalue weighted by atomic mass is 9.83. The van der Waals surface area contributed by atoms with Crippen molar-refractivity contribution >= 4 is 29.1 Å². The summed E-state index contributed by atoms with van der Waals surface area (Å²) in [6.45, 7) is 0.335. The summed E-state index contributed by atoms with van der Waals surface area (Å²) in [6, 6.07) is 1.90. The van der Waals surface area contributed by atoms with Crippen LogP contribution in [0.2, 0.25) is 5.02 Å². The summed E-state index contributed by atoms with van der Waals surface area (Å²) in [6.07, 6.45) is 7.41. The van der Waals surface area contributed by atoms with Crippen molar-refractivity contribution in [3.05, 3.63) is 44.9 Å². The maximum Gasteiger partial charge on any atom is 0.332 e. The van der Waals surface area contributed by atoms with E-state index in [-0.39, 0.29) is 23.5 Å². The fourth-order valence-electron chi connectivity index (χ4n) is 3.32. The van der Waals surface area contributed by atoms with Crippen LogP contribution in [0, 0.1) is 16.0 Å². The van der Waals surface area contributed by atoms with Gasteiger partial charge in [-0.1, -0.05) is 11.6 Å². The normalized spacial score (nSPS) is 19.6. The second-order valence-corrected chi connectivity index (χ2v) is 7.20. The highest BCUT2D eigenvalue weighted by Gasteiger charge is 2.27. The zero-order chi connectivity index (χ0) is 19.4. The molecule has 10 heteroatoms. The molecule has 0 saturated heterocycles. The van der Waals surface area contributed by atoms with Crippen LogP contribution in [0.25, 0.3) is 0 Å². The summed E-state index contributed by atoms with van der Waals surface area (Å²) in [7, 11) is 0. The first kappa shape index (κ1) is 19.2. The zero-order valence-corrected chi connectivity index (χ0v) is 15.5. The van der Waals surface area contributed by atoms with Crippen LogP contribution >= 0.6 is 11.6 Å². The van der Waals surface area contributed by atoms with Gasteiger partial charge in [0, 0.05) is 35.6 Å². The maximum absolute atomic E-state index is 11.5. The van der Waals surface area contributed by atoms with Gasteiger partial charge in [-0.2, -0.15) is 4.98 Å². The number of hydrogen-bond donors (Lipinski definition) is 3. The van der Waals surface area contributed by atoms with Gasteiger partial charge in [0.1, 0.15) is 5.69 Å². The number of hydrogen-bond acceptors (Lipinski definition) is 8. The van der Waals surface area contributed by atoms with Crippen molar-refractivity contribution in [1.82, 2.24) is 15.0 Å². The Labute approximate surface area is 161 Å². The molecule has 0 aromatic carbocycles. The molecule has 5 N–H and O–H groups in total. The van der Waals surface area contributed by atoms with E-state index in [0.29, 0.717) is 29.6 Å². The first-order chi connectivity index (χ1) is 12.9. The van der Waals surface area contributed by atoms with Gasteiger partial charge < -0.3 is 16.8 Å². The first-order valence-corrected chi connectivity index (χ1v) is 9.20. The number of nitrogen functional groups attached to an aromatic ring is 1. The van der Waals surface area contributed by atoms with E-state index in [0.717, 1.165) is 31.2 Å².